The first-order valence-corrected chi connectivity index (χ1v) is 6.96. The highest BCUT2D eigenvalue weighted by molar-refractivity contribution is 5.58. The van der Waals surface area contributed by atoms with Crippen LogP contribution in [0.15, 0.2) is 36.9 Å². The normalized spacial score (nSPS) is 16.0. The van der Waals surface area contributed by atoms with E-state index in [1.807, 2.05) is 12.1 Å². The minimum Gasteiger partial charge on any atom is -0.381 e. The molecular weight excluding hydrogens is 252 g/mol. The highest BCUT2D eigenvalue weighted by Crippen LogP contribution is 2.18. The summed E-state index contributed by atoms with van der Waals surface area (Å²) in [6.45, 7) is 2.66. The van der Waals surface area contributed by atoms with Gasteiger partial charge in [-0.1, -0.05) is 0 Å². The lowest BCUT2D eigenvalue weighted by Gasteiger charge is -2.22. The van der Waals surface area contributed by atoms with E-state index in [1.165, 1.54) is 0 Å². The lowest BCUT2D eigenvalue weighted by molar-refractivity contribution is 0.0699. The predicted octanol–water partition coefficient (Wildman–Crippen LogP) is 2.38. The number of pyridine rings is 1. The van der Waals surface area contributed by atoms with Crippen LogP contribution in [0.4, 0.5) is 5.82 Å². The Morgan fingerprint density at radius 2 is 2.05 bits per heavy atom. The van der Waals surface area contributed by atoms with Gasteiger partial charge < -0.3 is 10.1 Å². The van der Waals surface area contributed by atoms with Crippen LogP contribution in [0.3, 0.4) is 0 Å². The highest BCUT2D eigenvalue weighted by Gasteiger charge is 2.13. The molecule has 2 aromatic rings. The summed E-state index contributed by atoms with van der Waals surface area (Å²) in [6.07, 6.45) is 9.30. The summed E-state index contributed by atoms with van der Waals surface area (Å²) in [5, 5.41) is 3.37. The van der Waals surface area contributed by atoms with Crippen molar-refractivity contribution in [1.82, 2.24) is 15.0 Å². The summed E-state index contributed by atoms with van der Waals surface area (Å²) in [5.74, 6) is 1.48. The maximum Gasteiger partial charge on any atom is 0.145 e. The Kier molecular flexibility index (Phi) is 4.18. The van der Waals surface area contributed by atoms with Crippen molar-refractivity contribution in [3.63, 3.8) is 0 Å². The Morgan fingerprint density at radius 3 is 2.85 bits per heavy atom. The van der Waals surface area contributed by atoms with E-state index in [0.29, 0.717) is 5.92 Å². The van der Waals surface area contributed by atoms with Crippen LogP contribution in [0, 0.1) is 5.92 Å². The molecule has 1 fully saturated rings. The Bertz CT molecular complexity index is 541. The molecule has 3 rings (SSSR count). The summed E-state index contributed by atoms with van der Waals surface area (Å²) in [7, 11) is 0. The lowest BCUT2D eigenvalue weighted by Crippen LogP contribution is -2.23. The van der Waals surface area contributed by atoms with Crippen LogP contribution in [0.2, 0.25) is 0 Å². The molecule has 0 amide bonds. The van der Waals surface area contributed by atoms with Crippen LogP contribution in [0.5, 0.6) is 0 Å². The van der Waals surface area contributed by atoms with Gasteiger partial charge in [-0.2, -0.15) is 0 Å². The molecule has 5 nitrogen and oxygen atoms in total. The predicted molar refractivity (Wildman–Crippen MR) is 77.3 cm³/mol. The second-order valence-corrected chi connectivity index (χ2v) is 4.97. The summed E-state index contributed by atoms with van der Waals surface area (Å²) < 4.78 is 5.37. The lowest BCUT2D eigenvalue weighted by atomic mass is 10.0. The largest absolute Gasteiger partial charge is 0.381 e. The van der Waals surface area contributed by atoms with Crippen molar-refractivity contribution in [2.45, 2.75) is 12.8 Å². The quantitative estimate of drug-likeness (QED) is 0.924. The summed E-state index contributed by atoms with van der Waals surface area (Å²) >= 11 is 0. The van der Waals surface area contributed by atoms with Crippen molar-refractivity contribution >= 4 is 5.82 Å². The van der Waals surface area contributed by atoms with Gasteiger partial charge in [0.25, 0.3) is 0 Å². The second-order valence-electron chi connectivity index (χ2n) is 4.97. The van der Waals surface area contributed by atoms with Crippen molar-refractivity contribution in [2.24, 2.45) is 5.92 Å². The maximum atomic E-state index is 5.37. The van der Waals surface area contributed by atoms with E-state index >= 15 is 0 Å². The van der Waals surface area contributed by atoms with Gasteiger partial charge in [0, 0.05) is 37.7 Å². The molecule has 0 radical (unpaired) electrons. The molecule has 20 heavy (non-hydrogen) atoms. The second kappa shape index (κ2) is 6.43. The average molecular weight is 270 g/mol. The molecule has 0 aliphatic carbocycles. The molecule has 0 saturated carbocycles. The molecule has 104 valence electrons. The topological polar surface area (TPSA) is 59.9 Å². The Balaban J connectivity index is 1.65. The van der Waals surface area contributed by atoms with Crippen LogP contribution < -0.4 is 5.32 Å². The standard InChI is InChI=1S/C15H18N4O/c1-2-13(9-16-5-1)14-10-17-11-15(19-14)18-8-12-3-6-20-7-4-12/h1-2,5,9-12H,3-4,6-8H2,(H,18,19). The molecule has 0 atom stereocenters. The molecule has 0 unspecified atom stereocenters. The van der Waals surface area contributed by atoms with Gasteiger partial charge in [0.1, 0.15) is 5.82 Å². The Labute approximate surface area is 118 Å². The number of hydrogen-bond donors (Lipinski definition) is 1. The van der Waals surface area contributed by atoms with Gasteiger partial charge in [-0.25, -0.2) is 4.98 Å². The van der Waals surface area contributed by atoms with E-state index in [2.05, 4.69) is 20.3 Å². The summed E-state index contributed by atoms with van der Waals surface area (Å²) in [6, 6.07) is 3.89. The number of aromatic nitrogens is 3. The Morgan fingerprint density at radius 1 is 1.15 bits per heavy atom. The van der Waals surface area contributed by atoms with Crippen molar-refractivity contribution < 1.29 is 4.74 Å². The van der Waals surface area contributed by atoms with Gasteiger partial charge in [0.2, 0.25) is 0 Å². The Hall–Kier alpha value is -2.01. The SMILES string of the molecule is c1cncc(-c2cncc(NCC3CCOCC3)n2)c1. The molecule has 5 heteroatoms. The first kappa shape index (κ1) is 13.0. The van der Waals surface area contributed by atoms with E-state index in [-0.39, 0.29) is 0 Å². The zero-order valence-corrected chi connectivity index (χ0v) is 11.3. The molecule has 1 aliphatic heterocycles. The third-order valence-corrected chi connectivity index (χ3v) is 3.50. The summed E-state index contributed by atoms with van der Waals surface area (Å²) in [5.41, 5.74) is 1.82. The zero-order valence-electron chi connectivity index (χ0n) is 11.3. The number of anilines is 1. The van der Waals surface area contributed by atoms with Gasteiger partial charge in [-0.15, -0.1) is 0 Å². The van der Waals surface area contributed by atoms with Crippen molar-refractivity contribution in [3.05, 3.63) is 36.9 Å². The highest BCUT2D eigenvalue weighted by atomic mass is 16.5. The maximum absolute atomic E-state index is 5.37. The molecule has 0 aromatic carbocycles. The average Bonchev–Trinajstić information content (AvgIpc) is 2.55. The van der Waals surface area contributed by atoms with E-state index in [0.717, 1.165) is 49.7 Å². The molecule has 1 aliphatic rings. The molecule has 2 aromatic heterocycles. The number of nitrogens with one attached hydrogen (secondary N) is 1. The molecule has 3 heterocycles. The van der Waals surface area contributed by atoms with E-state index < -0.39 is 0 Å². The van der Waals surface area contributed by atoms with Crippen LogP contribution >= 0.6 is 0 Å². The first-order valence-electron chi connectivity index (χ1n) is 6.96. The van der Waals surface area contributed by atoms with E-state index in [9.17, 15) is 0 Å². The number of hydrogen-bond acceptors (Lipinski definition) is 5. The number of nitrogens with zero attached hydrogens (tertiary/aromatic N) is 3. The minimum atomic E-state index is 0.660. The van der Waals surface area contributed by atoms with Gasteiger partial charge in [-0.05, 0) is 30.9 Å². The number of rotatable bonds is 4. The van der Waals surface area contributed by atoms with Gasteiger partial charge in [0.05, 0.1) is 18.1 Å². The van der Waals surface area contributed by atoms with Crippen molar-refractivity contribution in [2.75, 3.05) is 25.1 Å². The minimum absolute atomic E-state index is 0.660. The van der Waals surface area contributed by atoms with Crippen LogP contribution in [0.1, 0.15) is 12.8 Å². The van der Waals surface area contributed by atoms with Crippen LogP contribution in [0.25, 0.3) is 11.3 Å². The first-order chi connectivity index (χ1) is 9.92. The fraction of sp³-hybridized carbons (Fsp3) is 0.400. The van der Waals surface area contributed by atoms with Crippen molar-refractivity contribution in [1.29, 1.82) is 0 Å². The molecule has 1 N–H and O–H groups in total. The smallest absolute Gasteiger partial charge is 0.145 e. The fourth-order valence-corrected chi connectivity index (χ4v) is 2.30. The van der Waals surface area contributed by atoms with E-state index in [1.54, 1.807) is 24.8 Å². The third kappa shape index (κ3) is 3.30. The van der Waals surface area contributed by atoms with Crippen LogP contribution in [-0.2, 0) is 4.74 Å². The number of ether oxygens (including phenoxy) is 1. The monoisotopic (exact) mass is 270 g/mol. The molecule has 0 spiro atoms. The van der Waals surface area contributed by atoms with Gasteiger partial charge in [0.15, 0.2) is 0 Å². The van der Waals surface area contributed by atoms with Crippen molar-refractivity contribution in [3.8, 4) is 11.3 Å². The van der Waals surface area contributed by atoms with Crippen LogP contribution in [-0.4, -0.2) is 34.7 Å². The summed E-state index contributed by atoms with van der Waals surface area (Å²) in [4.78, 5) is 12.9. The van der Waals surface area contributed by atoms with E-state index in [4.69, 9.17) is 4.74 Å². The van der Waals surface area contributed by atoms with Gasteiger partial charge >= 0.3 is 0 Å². The molecular formula is C15H18N4O. The van der Waals surface area contributed by atoms with Gasteiger partial charge in [-0.3, -0.25) is 9.97 Å². The fourth-order valence-electron chi connectivity index (χ4n) is 2.30. The molecule has 1 saturated heterocycles. The molecule has 0 bridgehead atoms. The zero-order chi connectivity index (χ0) is 13.6. The third-order valence-electron chi connectivity index (χ3n) is 3.50.